The fourth-order valence-electron chi connectivity index (χ4n) is 2.61. The number of allylic oxidation sites excluding steroid dienone is 1. The first-order valence-corrected chi connectivity index (χ1v) is 7.53. The summed E-state index contributed by atoms with van der Waals surface area (Å²) in [5.41, 5.74) is 3.28. The van der Waals surface area contributed by atoms with Crippen molar-refractivity contribution in [2.75, 3.05) is 14.2 Å². The molecule has 0 bridgehead atoms. The molecule has 24 heavy (non-hydrogen) atoms. The van der Waals surface area contributed by atoms with Gasteiger partial charge >= 0.3 is 5.97 Å². The van der Waals surface area contributed by atoms with Crippen molar-refractivity contribution in [3.8, 4) is 0 Å². The summed E-state index contributed by atoms with van der Waals surface area (Å²) in [6.07, 6.45) is 0. The third-order valence-corrected chi connectivity index (χ3v) is 3.74. The monoisotopic (exact) mass is 324 g/mol. The number of aryl methyl sites for hydroxylation is 1. The van der Waals surface area contributed by atoms with Crippen LogP contribution >= 0.6 is 0 Å². The first-order valence-electron chi connectivity index (χ1n) is 7.53. The Morgan fingerprint density at radius 1 is 0.875 bits per heavy atom. The Labute approximate surface area is 141 Å². The summed E-state index contributed by atoms with van der Waals surface area (Å²) in [6, 6.07) is 14.6. The molecular formula is C20H20O4. The number of benzene rings is 2. The van der Waals surface area contributed by atoms with Crippen molar-refractivity contribution in [2.45, 2.75) is 13.8 Å². The summed E-state index contributed by atoms with van der Waals surface area (Å²) in [6.45, 7) is 3.36. The van der Waals surface area contributed by atoms with E-state index in [2.05, 4.69) is 0 Å². The highest BCUT2D eigenvalue weighted by molar-refractivity contribution is 6.26. The molecular weight excluding hydrogens is 304 g/mol. The fourth-order valence-corrected chi connectivity index (χ4v) is 2.61. The Morgan fingerprint density at radius 2 is 1.54 bits per heavy atom. The Kier molecular flexibility index (Phi) is 5.53. The van der Waals surface area contributed by atoms with Crippen molar-refractivity contribution in [3.63, 3.8) is 0 Å². The number of esters is 1. The molecule has 0 aliphatic rings. The van der Waals surface area contributed by atoms with Crippen molar-refractivity contribution in [1.29, 1.82) is 0 Å². The van der Waals surface area contributed by atoms with Crippen LogP contribution in [0.2, 0.25) is 0 Å². The number of hydrogen-bond donors (Lipinski definition) is 0. The van der Waals surface area contributed by atoms with Crippen molar-refractivity contribution < 1.29 is 19.1 Å². The van der Waals surface area contributed by atoms with Gasteiger partial charge in [-0.25, -0.2) is 4.79 Å². The number of methoxy groups -OCH3 is 2. The van der Waals surface area contributed by atoms with Gasteiger partial charge in [-0.05, 0) is 37.1 Å². The summed E-state index contributed by atoms with van der Waals surface area (Å²) in [7, 11) is 2.88. The van der Waals surface area contributed by atoms with Crippen molar-refractivity contribution >= 4 is 23.1 Å². The van der Waals surface area contributed by atoms with Crippen LogP contribution in [0.15, 0.2) is 48.5 Å². The Bertz CT molecular complexity index is 789. The average Bonchev–Trinajstić information content (AvgIpc) is 2.59. The molecule has 2 aromatic carbocycles. The first-order chi connectivity index (χ1) is 11.5. The van der Waals surface area contributed by atoms with E-state index in [1.54, 1.807) is 25.3 Å². The van der Waals surface area contributed by atoms with Crippen molar-refractivity contribution in [2.24, 2.45) is 0 Å². The van der Waals surface area contributed by atoms with E-state index in [0.717, 1.165) is 16.7 Å². The molecule has 4 heteroatoms. The summed E-state index contributed by atoms with van der Waals surface area (Å²) in [5, 5.41) is 0. The van der Waals surface area contributed by atoms with Gasteiger partial charge in [0.1, 0.15) is 5.76 Å². The zero-order valence-electron chi connectivity index (χ0n) is 14.3. The molecule has 124 valence electrons. The fraction of sp³-hybridized carbons (Fsp3) is 0.200. The highest BCUT2D eigenvalue weighted by Crippen LogP contribution is 2.30. The van der Waals surface area contributed by atoms with E-state index < -0.39 is 5.97 Å². The van der Waals surface area contributed by atoms with Gasteiger partial charge in [0.15, 0.2) is 5.78 Å². The van der Waals surface area contributed by atoms with Gasteiger partial charge in [0.05, 0.1) is 25.4 Å². The molecule has 0 radical (unpaired) electrons. The van der Waals surface area contributed by atoms with Gasteiger partial charge in [0.2, 0.25) is 0 Å². The molecule has 0 aliphatic heterocycles. The van der Waals surface area contributed by atoms with Gasteiger partial charge in [-0.2, -0.15) is 0 Å². The lowest BCUT2D eigenvalue weighted by Gasteiger charge is -2.15. The second-order valence-corrected chi connectivity index (χ2v) is 5.35. The zero-order valence-corrected chi connectivity index (χ0v) is 14.3. The Hall–Kier alpha value is -2.88. The molecule has 0 aliphatic carbocycles. The average molecular weight is 324 g/mol. The maximum atomic E-state index is 12.3. The minimum Gasteiger partial charge on any atom is -0.495 e. The highest BCUT2D eigenvalue weighted by Gasteiger charge is 2.19. The summed E-state index contributed by atoms with van der Waals surface area (Å²) < 4.78 is 10.3. The Morgan fingerprint density at radius 3 is 2.04 bits per heavy atom. The largest absolute Gasteiger partial charge is 0.495 e. The SMILES string of the molecule is COC(=O)c1ccc(/C(C(C)=O)=C(\OC)c2ccccc2)c(C)c1. The number of carbonyl (C=O) groups is 2. The summed E-state index contributed by atoms with van der Waals surface area (Å²) >= 11 is 0. The van der Waals surface area contributed by atoms with E-state index in [4.69, 9.17) is 9.47 Å². The van der Waals surface area contributed by atoms with Crippen LogP contribution in [0.5, 0.6) is 0 Å². The predicted molar refractivity (Wildman–Crippen MR) is 93.5 cm³/mol. The number of Topliss-reactive ketones (excluding diaryl/α,β-unsaturated/α-hetero) is 1. The molecule has 2 aromatic rings. The van der Waals surface area contributed by atoms with Crippen molar-refractivity contribution in [3.05, 3.63) is 70.8 Å². The zero-order chi connectivity index (χ0) is 17.7. The normalized spacial score (nSPS) is 11.5. The van der Waals surface area contributed by atoms with Gasteiger partial charge in [0.25, 0.3) is 0 Å². The molecule has 0 unspecified atom stereocenters. The molecule has 0 spiro atoms. The second-order valence-electron chi connectivity index (χ2n) is 5.35. The molecule has 0 N–H and O–H groups in total. The maximum absolute atomic E-state index is 12.3. The molecule has 0 saturated heterocycles. The van der Waals surface area contributed by atoms with E-state index in [0.29, 0.717) is 16.9 Å². The molecule has 0 atom stereocenters. The number of hydrogen-bond acceptors (Lipinski definition) is 4. The molecule has 4 nitrogen and oxygen atoms in total. The summed E-state index contributed by atoms with van der Waals surface area (Å²) in [4.78, 5) is 24.0. The van der Waals surface area contributed by atoms with Crippen LogP contribution in [-0.4, -0.2) is 26.0 Å². The van der Waals surface area contributed by atoms with Crippen molar-refractivity contribution in [1.82, 2.24) is 0 Å². The number of carbonyl (C=O) groups excluding carboxylic acids is 2. The number of ether oxygens (including phenoxy) is 2. The third kappa shape index (κ3) is 3.54. The Balaban J connectivity index is 2.65. The molecule has 0 heterocycles. The van der Waals surface area contributed by atoms with Crippen LogP contribution in [-0.2, 0) is 14.3 Å². The highest BCUT2D eigenvalue weighted by atomic mass is 16.5. The van der Waals surface area contributed by atoms with Crippen LogP contribution in [0, 0.1) is 6.92 Å². The topological polar surface area (TPSA) is 52.6 Å². The van der Waals surface area contributed by atoms with E-state index >= 15 is 0 Å². The minimum absolute atomic E-state index is 0.107. The van der Waals surface area contributed by atoms with Gasteiger partial charge < -0.3 is 9.47 Å². The van der Waals surface area contributed by atoms with Gasteiger partial charge in [-0.15, -0.1) is 0 Å². The van der Waals surface area contributed by atoms with Gasteiger partial charge in [-0.3, -0.25) is 4.79 Å². The quantitative estimate of drug-likeness (QED) is 0.362. The van der Waals surface area contributed by atoms with E-state index in [1.165, 1.54) is 14.0 Å². The van der Waals surface area contributed by atoms with Crippen LogP contribution in [0.25, 0.3) is 11.3 Å². The first kappa shape index (κ1) is 17.5. The molecule has 0 saturated carbocycles. The van der Waals surface area contributed by atoms with E-state index in [9.17, 15) is 9.59 Å². The van der Waals surface area contributed by atoms with Crippen LogP contribution < -0.4 is 0 Å². The van der Waals surface area contributed by atoms with Gasteiger partial charge in [-0.1, -0.05) is 36.4 Å². The lowest BCUT2D eigenvalue weighted by molar-refractivity contribution is -0.111. The van der Waals surface area contributed by atoms with E-state index in [1.807, 2.05) is 37.3 Å². The molecule has 0 fully saturated rings. The smallest absolute Gasteiger partial charge is 0.337 e. The molecule has 0 aromatic heterocycles. The minimum atomic E-state index is -0.409. The lowest BCUT2D eigenvalue weighted by Crippen LogP contribution is -2.06. The standard InChI is InChI=1S/C20H20O4/c1-13-12-16(20(22)24-4)10-11-17(13)18(14(2)21)19(23-3)15-8-6-5-7-9-15/h5-12H,1-4H3/b19-18-. The van der Waals surface area contributed by atoms with Crippen LogP contribution in [0.4, 0.5) is 0 Å². The van der Waals surface area contributed by atoms with Crippen LogP contribution in [0.1, 0.15) is 34.0 Å². The summed E-state index contributed by atoms with van der Waals surface area (Å²) in [5.74, 6) is -0.00494. The van der Waals surface area contributed by atoms with Crippen LogP contribution in [0.3, 0.4) is 0 Å². The lowest BCUT2D eigenvalue weighted by atomic mass is 9.93. The molecule has 2 rings (SSSR count). The third-order valence-electron chi connectivity index (χ3n) is 3.74. The number of rotatable bonds is 5. The van der Waals surface area contributed by atoms with Gasteiger partial charge in [0, 0.05) is 5.56 Å². The number of ketones is 1. The maximum Gasteiger partial charge on any atom is 0.337 e. The second kappa shape index (κ2) is 7.59. The predicted octanol–water partition coefficient (Wildman–Crippen LogP) is 3.89. The molecule has 0 amide bonds. The van der Waals surface area contributed by atoms with E-state index in [-0.39, 0.29) is 5.78 Å².